The lowest BCUT2D eigenvalue weighted by Crippen LogP contribution is -2.40. The van der Waals surface area contributed by atoms with Crippen molar-refractivity contribution in [3.63, 3.8) is 0 Å². The van der Waals surface area contributed by atoms with E-state index in [2.05, 4.69) is 18.9 Å². The molecule has 0 saturated carbocycles. The summed E-state index contributed by atoms with van der Waals surface area (Å²) < 4.78 is 2.28. The average molecular weight is 378 g/mol. The highest BCUT2D eigenvalue weighted by molar-refractivity contribution is 5.76. The molecule has 3 aromatic rings. The number of hydrogen-bond donors (Lipinski definition) is 1. The quantitative estimate of drug-likeness (QED) is 0.704. The monoisotopic (exact) mass is 378 g/mol. The summed E-state index contributed by atoms with van der Waals surface area (Å²) in [4.78, 5) is 36.3. The molecule has 0 bridgehead atoms. The van der Waals surface area contributed by atoms with Crippen LogP contribution in [0.15, 0.2) is 64.3 Å². The van der Waals surface area contributed by atoms with E-state index in [1.165, 1.54) is 5.56 Å². The topological polar surface area (TPSA) is 100.0 Å². The van der Waals surface area contributed by atoms with Crippen molar-refractivity contribution in [2.24, 2.45) is 5.73 Å². The smallest absolute Gasteiger partial charge is 0.352 e. The lowest BCUT2D eigenvalue weighted by molar-refractivity contribution is -0.117. The average Bonchev–Trinajstić information content (AvgIpc) is 2.65. The number of aromatic nitrogens is 3. The zero-order valence-electron chi connectivity index (χ0n) is 15.8. The molecule has 0 saturated heterocycles. The normalized spacial score (nSPS) is 11.0. The van der Waals surface area contributed by atoms with Crippen molar-refractivity contribution in [2.45, 2.75) is 32.7 Å². The zero-order chi connectivity index (χ0) is 20.3. The third-order valence-corrected chi connectivity index (χ3v) is 4.48. The SMILES string of the molecule is CC(C)c1ccc(Cn2c(=O)cnn(-c3cccc(CC(N)=O)c3)c2=O)cc1. The second kappa shape index (κ2) is 8.04. The van der Waals surface area contributed by atoms with Crippen LogP contribution in [0.5, 0.6) is 0 Å². The van der Waals surface area contributed by atoms with Crippen LogP contribution >= 0.6 is 0 Å². The Kier molecular flexibility index (Phi) is 5.54. The van der Waals surface area contributed by atoms with E-state index in [9.17, 15) is 14.4 Å². The minimum Gasteiger partial charge on any atom is -0.369 e. The Labute approximate surface area is 162 Å². The largest absolute Gasteiger partial charge is 0.369 e. The first-order chi connectivity index (χ1) is 13.3. The second-order valence-electron chi connectivity index (χ2n) is 6.97. The maximum absolute atomic E-state index is 12.9. The van der Waals surface area contributed by atoms with Gasteiger partial charge in [0.15, 0.2) is 0 Å². The van der Waals surface area contributed by atoms with Gasteiger partial charge in [0.1, 0.15) is 6.20 Å². The molecule has 0 radical (unpaired) electrons. The number of rotatable bonds is 6. The van der Waals surface area contributed by atoms with Gasteiger partial charge in [0.2, 0.25) is 5.91 Å². The van der Waals surface area contributed by atoms with E-state index in [4.69, 9.17) is 5.73 Å². The first kappa shape index (κ1) is 19.3. The second-order valence-corrected chi connectivity index (χ2v) is 6.97. The Hall–Kier alpha value is -3.48. The van der Waals surface area contributed by atoms with Gasteiger partial charge in [-0.15, -0.1) is 0 Å². The van der Waals surface area contributed by atoms with Gasteiger partial charge in [-0.1, -0.05) is 50.2 Å². The van der Waals surface area contributed by atoms with Gasteiger partial charge in [0.05, 0.1) is 18.7 Å². The number of nitrogens with two attached hydrogens (primary N) is 1. The number of nitrogens with zero attached hydrogens (tertiary/aromatic N) is 3. The first-order valence-electron chi connectivity index (χ1n) is 9.01. The van der Waals surface area contributed by atoms with E-state index in [-0.39, 0.29) is 13.0 Å². The summed E-state index contributed by atoms with van der Waals surface area (Å²) in [6.07, 6.45) is 1.18. The fourth-order valence-corrected chi connectivity index (χ4v) is 2.95. The molecule has 2 N–H and O–H groups in total. The number of benzene rings is 2. The van der Waals surface area contributed by atoms with Crippen LogP contribution in [-0.2, 0) is 17.8 Å². The van der Waals surface area contributed by atoms with Gasteiger partial charge in [-0.2, -0.15) is 9.78 Å². The Balaban J connectivity index is 1.98. The van der Waals surface area contributed by atoms with Gasteiger partial charge in [0, 0.05) is 0 Å². The summed E-state index contributed by atoms with van der Waals surface area (Å²) in [6, 6.07) is 14.6. The fraction of sp³-hybridized carbons (Fsp3) is 0.238. The van der Waals surface area contributed by atoms with Gasteiger partial charge in [-0.05, 0) is 34.7 Å². The van der Waals surface area contributed by atoms with Crippen LogP contribution in [0.2, 0.25) is 0 Å². The summed E-state index contributed by atoms with van der Waals surface area (Å²) in [7, 11) is 0. The minimum absolute atomic E-state index is 0.0599. The third-order valence-electron chi connectivity index (χ3n) is 4.48. The third kappa shape index (κ3) is 4.25. The number of amides is 1. The van der Waals surface area contributed by atoms with Crippen molar-refractivity contribution in [3.05, 3.63) is 92.3 Å². The summed E-state index contributed by atoms with van der Waals surface area (Å²) >= 11 is 0. The van der Waals surface area contributed by atoms with Gasteiger partial charge >= 0.3 is 5.69 Å². The predicted octanol–water partition coefficient (Wildman–Crippen LogP) is 1.59. The minimum atomic E-state index is -0.545. The number of hydrogen-bond acceptors (Lipinski definition) is 4. The van der Waals surface area contributed by atoms with E-state index in [0.717, 1.165) is 21.0 Å². The van der Waals surface area contributed by atoms with Gasteiger partial charge < -0.3 is 5.73 Å². The van der Waals surface area contributed by atoms with Gasteiger partial charge in [-0.25, -0.2) is 4.79 Å². The highest BCUT2D eigenvalue weighted by atomic mass is 16.2. The lowest BCUT2D eigenvalue weighted by Gasteiger charge is -2.11. The molecule has 144 valence electrons. The molecule has 3 rings (SSSR count). The van der Waals surface area contributed by atoms with E-state index < -0.39 is 17.2 Å². The van der Waals surface area contributed by atoms with Crippen LogP contribution in [0.4, 0.5) is 0 Å². The van der Waals surface area contributed by atoms with Crippen LogP contribution in [0.1, 0.15) is 36.5 Å². The number of carbonyl (C=O) groups excluding carboxylic acids is 1. The van der Waals surface area contributed by atoms with Crippen LogP contribution in [-0.4, -0.2) is 20.3 Å². The molecule has 0 aliphatic rings. The molecule has 1 amide bonds. The van der Waals surface area contributed by atoms with Crippen molar-refractivity contribution in [3.8, 4) is 5.69 Å². The number of carbonyl (C=O) groups is 1. The predicted molar refractivity (Wildman–Crippen MR) is 107 cm³/mol. The molecular formula is C21H22N4O3. The Morgan fingerprint density at radius 2 is 1.79 bits per heavy atom. The Morgan fingerprint density at radius 1 is 1.07 bits per heavy atom. The Morgan fingerprint density at radius 3 is 2.43 bits per heavy atom. The van der Waals surface area contributed by atoms with Crippen LogP contribution in [0.25, 0.3) is 5.69 Å². The highest BCUT2D eigenvalue weighted by Crippen LogP contribution is 2.15. The van der Waals surface area contributed by atoms with Crippen LogP contribution in [0, 0.1) is 0 Å². The van der Waals surface area contributed by atoms with E-state index >= 15 is 0 Å². The first-order valence-corrected chi connectivity index (χ1v) is 9.01. The summed E-state index contributed by atoms with van der Waals surface area (Å²) in [6.45, 7) is 4.36. The molecule has 0 aliphatic heterocycles. The molecular weight excluding hydrogens is 356 g/mol. The molecule has 7 heteroatoms. The van der Waals surface area contributed by atoms with Crippen molar-refractivity contribution >= 4 is 5.91 Å². The molecule has 0 aliphatic carbocycles. The molecule has 0 atom stereocenters. The van der Waals surface area contributed by atoms with Crippen molar-refractivity contribution in [1.29, 1.82) is 0 Å². The zero-order valence-corrected chi connectivity index (χ0v) is 15.8. The molecule has 7 nitrogen and oxygen atoms in total. The molecule has 0 unspecified atom stereocenters. The molecule has 0 fully saturated rings. The van der Waals surface area contributed by atoms with Gasteiger partial charge in [0.25, 0.3) is 5.56 Å². The Bertz CT molecular complexity index is 1110. The van der Waals surface area contributed by atoms with Crippen molar-refractivity contribution in [1.82, 2.24) is 14.3 Å². The maximum Gasteiger partial charge on any atom is 0.352 e. The van der Waals surface area contributed by atoms with Crippen LogP contribution in [0.3, 0.4) is 0 Å². The highest BCUT2D eigenvalue weighted by Gasteiger charge is 2.10. The van der Waals surface area contributed by atoms with E-state index in [1.807, 2.05) is 24.3 Å². The summed E-state index contributed by atoms with van der Waals surface area (Å²) in [5, 5.41) is 3.96. The molecule has 1 aromatic heterocycles. The van der Waals surface area contributed by atoms with E-state index in [1.54, 1.807) is 24.3 Å². The summed E-state index contributed by atoms with van der Waals surface area (Å²) in [5.41, 5.74) is 7.39. The molecule has 0 spiro atoms. The van der Waals surface area contributed by atoms with E-state index in [0.29, 0.717) is 17.2 Å². The fourth-order valence-electron chi connectivity index (χ4n) is 2.95. The standard InChI is InChI=1S/C21H22N4O3/c1-14(2)17-8-6-15(7-9-17)13-24-20(27)12-23-25(21(24)28)18-5-3-4-16(10-18)11-19(22)26/h3-10,12,14H,11,13H2,1-2H3,(H2,22,26). The molecule has 1 heterocycles. The van der Waals surface area contributed by atoms with Gasteiger partial charge in [-0.3, -0.25) is 14.2 Å². The summed E-state index contributed by atoms with van der Waals surface area (Å²) in [5.74, 6) is -0.0603. The van der Waals surface area contributed by atoms with Crippen molar-refractivity contribution < 1.29 is 4.79 Å². The molecule has 2 aromatic carbocycles. The molecule has 28 heavy (non-hydrogen) atoms. The maximum atomic E-state index is 12.9. The lowest BCUT2D eigenvalue weighted by atomic mass is 10.0. The van der Waals surface area contributed by atoms with Crippen LogP contribution < -0.4 is 17.0 Å². The van der Waals surface area contributed by atoms with Crippen molar-refractivity contribution in [2.75, 3.05) is 0 Å². The number of primary amides is 1.